The van der Waals surface area contributed by atoms with Crippen molar-refractivity contribution in [2.75, 3.05) is 19.0 Å². The predicted octanol–water partition coefficient (Wildman–Crippen LogP) is 2.77. The number of fused-ring (bicyclic) bond motifs is 1. The quantitative estimate of drug-likeness (QED) is 0.390. The maximum absolute atomic E-state index is 14.1. The number of esters is 1. The maximum atomic E-state index is 14.1. The molecular formula is C21H19FN2O8S. The van der Waals surface area contributed by atoms with Crippen LogP contribution in [0, 0.1) is 5.82 Å². The topological polar surface area (TPSA) is 141 Å². The highest BCUT2D eigenvalue weighted by Gasteiger charge is 2.20. The first kappa shape index (κ1) is 23.9. The third kappa shape index (κ3) is 5.54. The molecule has 12 heteroatoms. The molecular weight excluding hydrogens is 459 g/mol. The summed E-state index contributed by atoms with van der Waals surface area (Å²) in [6, 6.07) is 8.26. The summed E-state index contributed by atoms with van der Waals surface area (Å²) in [6.45, 7) is 1.40. The van der Waals surface area contributed by atoms with E-state index in [1.165, 1.54) is 25.2 Å². The number of rotatable bonds is 7. The highest BCUT2D eigenvalue weighted by Crippen LogP contribution is 2.23. The Balaban J connectivity index is 1.85. The van der Waals surface area contributed by atoms with Crippen LogP contribution in [0.2, 0.25) is 0 Å². The summed E-state index contributed by atoms with van der Waals surface area (Å²) in [5.41, 5.74) is -0.648. The van der Waals surface area contributed by atoms with Gasteiger partial charge < -0.3 is 13.9 Å². The molecule has 0 unspecified atom stereocenters. The van der Waals surface area contributed by atoms with Crippen molar-refractivity contribution < 1.29 is 36.3 Å². The highest BCUT2D eigenvalue weighted by atomic mass is 32.2. The van der Waals surface area contributed by atoms with Crippen molar-refractivity contribution in [3.8, 4) is 0 Å². The molecule has 174 valence electrons. The molecule has 0 spiro atoms. The Hall–Kier alpha value is -3.77. The van der Waals surface area contributed by atoms with E-state index in [4.69, 9.17) is 13.9 Å². The lowest BCUT2D eigenvalue weighted by atomic mass is 10.1. The lowest BCUT2D eigenvalue weighted by Crippen LogP contribution is -2.19. The van der Waals surface area contributed by atoms with E-state index in [1.807, 2.05) is 0 Å². The van der Waals surface area contributed by atoms with E-state index in [9.17, 15) is 27.2 Å². The van der Waals surface area contributed by atoms with Crippen LogP contribution in [-0.2, 0) is 26.1 Å². The van der Waals surface area contributed by atoms with Crippen molar-refractivity contribution in [2.45, 2.75) is 18.4 Å². The molecule has 0 radical (unpaired) electrons. The van der Waals surface area contributed by atoms with E-state index in [2.05, 4.69) is 10.0 Å². The molecule has 0 aliphatic heterocycles. The van der Waals surface area contributed by atoms with Crippen LogP contribution in [0.15, 0.2) is 56.6 Å². The van der Waals surface area contributed by atoms with Crippen molar-refractivity contribution >= 4 is 38.7 Å². The first-order valence-corrected chi connectivity index (χ1v) is 11.0. The summed E-state index contributed by atoms with van der Waals surface area (Å²) in [7, 11) is -2.73. The van der Waals surface area contributed by atoms with Gasteiger partial charge in [0.15, 0.2) is 0 Å². The third-order valence-electron chi connectivity index (χ3n) is 4.45. The average Bonchev–Trinajstić information content (AvgIpc) is 2.77. The van der Waals surface area contributed by atoms with E-state index in [0.29, 0.717) is 11.1 Å². The Kier molecular flexibility index (Phi) is 7.09. The van der Waals surface area contributed by atoms with Gasteiger partial charge in [0.25, 0.3) is 0 Å². The minimum atomic E-state index is -3.91. The van der Waals surface area contributed by atoms with Gasteiger partial charge in [-0.05, 0) is 44.3 Å². The second-order valence-corrected chi connectivity index (χ2v) is 8.46. The zero-order valence-electron chi connectivity index (χ0n) is 17.5. The molecule has 0 bridgehead atoms. The molecule has 33 heavy (non-hydrogen) atoms. The fraction of sp³-hybridized carbons (Fsp3) is 0.190. The van der Waals surface area contributed by atoms with Gasteiger partial charge in [0.1, 0.15) is 18.0 Å². The molecule has 0 saturated heterocycles. The molecule has 1 aromatic heterocycles. The first-order valence-electron chi connectivity index (χ1n) is 9.55. The SMILES string of the molecule is CCOC(=O)Nc1ccc2c(COC(=O)c3cc(S(=O)(=O)NC)ccc3F)cc(=O)oc2c1. The van der Waals surface area contributed by atoms with Gasteiger partial charge in [-0.15, -0.1) is 0 Å². The van der Waals surface area contributed by atoms with Crippen LogP contribution < -0.4 is 15.7 Å². The standard InChI is InChI=1S/C21H19FN2O8S/c1-3-30-21(27)24-13-4-6-15-12(8-19(25)32-18(15)9-13)11-31-20(26)16-10-14(5-7-17(16)22)33(28,29)23-2/h4-10,23H,3,11H2,1-2H3,(H,24,27). The molecule has 0 saturated carbocycles. The summed E-state index contributed by atoms with van der Waals surface area (Å²) in [5.74, 6) is -2.09. The number of anilines is 1. The maximum Gasteiger partial charge on any atom is 0.411 e. The third-order valence-corrected chi connectivity index (χ3v) is 5.86. The minimum Gasteiger partial charge on any atom is -0.457 e. The number of hydrogen-bond acceptors (Lipinski definition) is 8. The van der Waals surface area contributed by atoms with Gasteiger partial charge in [0.05, 0.1) is 17.1 Å². The summed E-state index contributed by atoms with van der Waals surface area (Å²) in [5, 5.41) is 2.88. The number of nitrogens with one attached hydrogen (secondary N) is 2. The van der Waals surface area contributed by atoms with Crippen LogP contribution in [0.1, 0.15) is 22.8 Å². The second kappa shape index (κ2) is 9.79. The van der Waals surface area contributed by atoms with Crippen LogP contribution in [-0.4, -0.2) is 34.1 Å². The van der Waals surface area contributed by atoms with Crippen LogP contribution in [0.5, 0.6) is 0 Å². The van der Waals surface area contributed by atoms with Gasteiger partial charge in [0, 0.05) is 28.8 Å². The number of carbonyl (C=O) groups excluding carboxylic acids is 2. The smallest absolute Gasteiger partial charge is 0.411 e. The lowest BCUT2D eigenvalue weighted by Gasteiger charge is -2.10. The molecule has 1 heterocycles. The Morgan fingerprint density at radius 1 is 1.09 bits per heavy atom. The van der Waals surface area contributed by atoms with Crippen LogP contribution in [0.4, 0.5) is 14.9 Å². The summed E-state index contributed by atoms with van der Waals surface area (Å²) in [4.78, 5) is 35.6. The fourth-order valence-electron chi connectivity index (χ4n) is 2.88. The van der Waals surface area contributed by atoms with E-state index in [1.54, 1.807) is 6.92 Å². The zero-order valence-corrected chi connectivity index (χ0v) is 18.3. The van der Waals surface area contributed by atoms with Crippen molar-refractivity contribution in [3.05, 3.63) is 69.8 Å². The second-order valence-electron chi connectivity index (χ2n) is 6.57. The number of sulfonamides is 1. The van der Waals surface area contributed by atoms with Gasteiger partial charge in [-0.1, -0.05) is 0 Å². The average molecular weight is 478 g/mol. The Labute approximate surface area is 187 Å². The van der Waals surface area contributed by atoms with E-state index in [-0.39, 0.29) is 22.6 Å². The van der Waals surface area contributed by atoms with E-state index >= 15 is 0 Å². The van der Waals surface area contributed by atoms with Gasteiger partial charge in [-0.3, -0.25) is 5.32 Å². The molecule has 2 aromatic carbocycles. The summed E-state index contributed by atoms with van der Waals surface area (Å²) >= 11 is 0. The Morgan fingerprint density at radius 2 is 1.85 bits per heavy atom. The zero-order chi connectivity index (χ0) is 24.2. The van der Waals surface area contributed by atoms with Gasteiger partial charge in [0.2, 0.25) is 10.0 Å². The molecule has 2 N–H and O–H groups in total. The number of hydrogen-bond donors (Lipinski definition) is 2. The van der Waals surface area contributed by atoms with E-state index in [0.717, 1.165) is 24.3 Å². The van der Waals surface area contributed by atoms with Gasteiger partial charge in [-0.25, -0.2) is 31.9 Å². The summed E-state index contributed by atoms with van der Waals surface area (Å²) in [6.07, 6.45) is -0.686. The minimum absolute atomic E-state index is 0.108. The summed E-state index contributed by atoms with van der Waals surface area (Å²) < 4.78 is 55.1. The molecule has 0 fully saturated rings. The van der Waals surface area contributed by atoms with Crippen molar-refractivity contribution in [1.82, 2.24) is 4.72 Å². The molecule has 10 nitrogen and oxygen atoms in total. The number of halogens is 1. The van der Waals surface area contributed by atoms with Crippen molar-refractivity contribution in [3.63, 3.8) is 0 Å². The lowest BCUT2D eigenvalue weighted by molar-refractivity contribution is 0.0468. The Morgan fingerprint density at radius 3 is 2.55 bits per heavy atom. The number of carbonyl (C=O) groups is 2. The number of amides is 1. The van der Waals surface area contributed by atoms with Gasteiger partial charge >= 0.3 is 17.7 Å². The predicted molar refractivity (Wildman–Crippen MR) is 115 cm³/mol. The fourth-order valence-corrected chi connectivity index (χ4v) is 3.63. The Bertz CT molecular complexity index is 1380. The monoisotopic (exact) mass is 478 g/mol. The molecule has 3 aromatic rings. The first-order chi connectivity index (χ1) is 15.6. The number of ether oxygens (including phenoxy) is 2. The van der Waals surface area contributed by atoms with E-state index < -0.39 is 45.7 Å². The molecule has 0 aliphatic rings. The van der Waals surface area contributed by atoms with Gasteiger partial charge in [-0.2, -0.15) is 0 Å². The highest BCUT2D eigenvalue weighted by molar-refractivity contribution is 7.89. The molecule has 1 amide bonds. The van der Waals surface area contributed by atoms with Crippen LogP contribution >= 0.6 is 0 Å². The molecule has 0 atom stereocenters. The largest absolute Gasteiger partial charge is 0.457 e. The van der Waals surface area contributed by atoms with Crippen LogP contribution in [0.25, 0.3) is 11.0 Å². The van der Waals surface area contributed by atoms with Crippen LogP contribution in [0.3, 0.4) is 0 Å². The molecule has 0 aliphatic carbocycles. The number of benzene rings is 2. The molecule has 3 rings (SSSR count). The van der Waals surface area contributed by atoms with Crippen molar-refractivity contribution in [1.29, 1.82) is 0 Å². The normalized spacial score (nSPS) is 11.2. The van der Waals surface area contributed by atoms with Crippen molar-refractivity contribution in [2.24, 2.45) is 0 Å².